The highest BCUT2D eigenvalue weighted by atomic mass is 16.7. The summed E-state index contributed by atoms with van der Waals surface area (Å²) in [5, 5.41) is 4.44. The molecule has 0 bridgehead atoms. The average molecular weight is 1080 g/mol. The topological polar surface area (TPSA) is 158 Å². The van der Waals surface area contributed by atoms with Gasteiger partial charge >= 0.3 is 5.97 Å². The second-order valence-electron chi connectivity index (χ2n) is 20.6. The van der Waals surface area contributed by atoms with Gasteiger partial charge in [-0.2, -0.15) is 0 Å². The second-order valence-corrected chi connectivity index (χ2v) is 20.6. The Kier molecular flexibility index (Phi) is 23.4. The van der Waals surface area contributed by atoms with Crippen molar-refractivity contribution < 1.29 is 52.2 Å². The van der Waals surface area contributed by atoms with E-state index in [4.69, 9.17) is 47.4 Å². The van der Waals surface area contributed by atoms with Crippen molar-refractivity contribution in [3.05, 3.63) is 262 Å². The van der Waals surface area contributed by atoms with E-state index in [9.17, 15) is 10.3 Å². The summed E-state index contributed by atoms with van der Waals surface area (Å²) in [7, 11) is 0. The monoisotopic (exact) mass is 1080 g/mol. The van der Waals surface area contributed by atoms with Crippen molar-refractivity contribution in [3.8, 4) is 0 Å². The molecule has 1 fully saturated rings. The van der Waals surface area contributed by atoms with Crippen molar-refractivity contribution in [2.75, 3.05) is 19.8 Å². The molecule has 9 atom stereocenters. The van der Waals surface area contributed by atoms with Crippen LogP contribution in [0.1, 0.15) is 59.7 Å². The zero-order valence-corrected chi connectivity index (χ0v) is 45.8. The minimum absolute atomic E-state index is 0.0841. The van der Waals surface area contributed by atoms with E-state index in [2.05, 4.69) is 10.0 Å². The molecule has 0 spiro atoms. The molecular formula is C66H73N3O11. The molecular weight excluding hydrogens is 1010 g/mol. The first-order valence-electron chi connectivity index (χ1n) is 27.2. The Morgan fingerprint density at radius 1 is 0.475 bits per heavy atom. The van der Waals surface area contributed by atoms with E-state index in [0.29, 0.717) is 6.61 Å². The maximum absolute atomic E-state index is 13.6. The molecule has 14 nitrogen and oxygen atoms in total. The molecule has 0 aliphatic carbocycles. The number of carbonyl (C=O) groups excluding carboxylic acids is 1. The van der Waals surface area contributed by atoms with Crippen molar-refractivity contribution >= 4 is 5.97 Å². The van der Waals surface area contributed by atoms with Crippen molar-refractivity contribution in [3.63, 3.8) is 0 Å². The summed E-state index contributed by atoms with van der Waals surface area (Å²) in [5.41, 5.74) is 16.1. The van der Waals surface area contributed by atoms with Gasteiger partial charge in [0.15, 0.2) is 6.29 Å². The van der Waals surface area contributed by atoms with Crippen LogP contribution < -0.4 is 0 Å². The van der Waals surface area contributed by atoms with Crippen molar-refractivity contribution in [2.24, 2.45) is 10.5 Å². The number of esters is 1. The molecule has 0 N–H and O–H groups in total. The minimum atomic E-state index is -1.16. The lowest BCUT2D eigenvalue weighted by molar-refractivity contribution is -0.330. The molecule has 0 radical (unpaired) electrons. The summed E-state index contributed by atoms with van der Waals surface area (Å²) in [6, 6.07) is 67.5. The molecule has 1 aliphatic heterocycles. The van der Waals surface area contributed by atoms with Gasteiger partial charge in [0.2, 0.25) is 0 Å². The van der Waals surface area contributed by atoms with Crippen molar-refractivity contribution in [1.82, 2.24) is 0 Å². The van der Waals surface area contributed by atoms with E-state index in [0.717, 1.165) is 38.9 Å². The number of azide groups is 1. The number of nitrogens with zero attached hydrogens (tertiary/aromatic N) is 3. The van der Waals surface area contributed by atoms with Crippen LogP contribution in [0, 0.1) is 5.41 Å². The highest BCUT2D eigenvalue weighted by Crippen LogP contribution is 2.33. The van der Waals surface area contributed by atoms with E-state index in [1.807, 2.05) is 212 Å². The summed E-state index contributed by atoms with van der Waals surface area (Å²) in [5.74, 6) is -0.433. The number of rotatable bonds is 31. The molecule has 0 unspecified atom stereocenters. The smallest absolute Gasteiger partial charge is 0.311 e. The number of hydrogen-bond acceptors (Lipinski definition) is 12. The number of ether oxygens (including phenoxy) is 10. The molecule has 14 heteroatoms. The largest absolute Gasteiger partial charge is 0.462 e. The normalized spacial score (nSPS) is 18.8. The Hall–Kier alpha value is -7.04. The van der Waals surface area contributed by atoms with Crippen LogP contribution in [0.4, 0.5) is 0 Å². The fraction of sp³-hybridized carbons (Fsp3) is 0.348. The van der Waals surface area contributed by atoms with Crippen LogP contribution in [0.5, 0.6) is 0 Å². The Morgan fingerprint density at radius 3 is 1.27 bits per heavy atom. The van der Waals surface area contributed by atoms with Gasteiger partial charge in [-0.15, -0.1) is 0 Å². The summed E-state index contributed by atoms with van der Waals surface area (Å²) in [6.45, 7) is 6.25. The molecule has 1 saturated heterocycles. The van der Waals surface area contributed by atoms with E-state index < -0.39 is 66.4 Å². The van der Waals surface area contributed by atoms with Crippen molar-refractivity contribution in [2.45, 2.75) is 122 Å². The highest BCUT2D eigenvalue weighted by molar-refractivity contribution is 5.75. The van der Waals surface area contributed by atoms with Gasteiger partial charge in [0.25, 0.3) is 0 Å². The number of carbonyl (C=O) groups is 1. The van der Waals surface area contributed by atoms with E-state index in [1.54, 1.807) is 20.8 Å². The molecule has 418 valence electrons. The molecule has 7 aromatic rings. The SMILES string of the molecule is CC(C)(C)C(=O)OC[C@H](OCc1ccccc1)[C@@H](OCc1ccccc1)[C@H](OCc1ccccc1)[C@H](CO[C@H]1O[C@H](COCc2ccccc2)[C@H](OCc2ccccc2)[C@H](OCc2ccccc2)[C@H]1OCc1ccccc1)N=[N+]=[N-]. The van der Waals surface area contributed by atoms with E-state index in [1.165, 1.54) is 0 Å². The Bertz CT molecular complexity index is 2870. The van der Waals surface area contributed by atoms with Gasteiger partial charge in [-0.3, -0.25) is 4.79 Å². The summed E-state index contributed by atoms with van der Waals surface area (Å²) in [4.78, 5) is 17.0. The molecule has 0 aromatic heterocycles. The molecule has 1 aliphatic rings. The number of hydrogen-bond donors (Lipinski definition) is 0. The van der Waals surface area contributed by atoms with Crippen LogP contribution in [-0.4, -0.2) is 80.8 Å². The third kappa shape index (κ3) is 18.8. The molecule has 80 heavy (non-hydrogen) atoms. The van der Waals surface area contributed by atoms with Crippen LogP contribution in [-0.2, 0) is 98.4 Å². The lowest BCUT2D eigenvalue weighted by Crippen LogP contribution is -2.62. The average Bonchev–Trinajstić information content (AvgIpc) is 3.53. The Balaban J connectivity index is 1.18. The fourth-order valence-electron chi connectivity index (χ4n) is 9.10. The van der Waals surface area contributed by atoms with Gasteiger partial charge in [-0.25, -0.2) is 0 Å². The molecule has 0 amide bonds. The summed E-state index contributed by atoms with van der Waals surface area (Å²) >= 11 is 0. The zero-order valence-electron chi connectivity index (χ0n) is 45.8. The quantitative estimate of drug-likeness (QED) is 0.0176. The molecule has 8 rings (SSSR count). The van der Waals surface area contributed by atoms with Gasteiger partial charge in [-0.1, -0.05) is 217 Å². The predicted molar refractivity (Wildman–Crippen MR) is 304 cm³/mol. The Labute approximate surface area is 470 Å². The second kappa shape index (κ2) is 31.7. The maximum atomic E-state index is 13.6. The third-order valence-corrected chi connectivity index (χ3v) is 13.4. The highest BCUT2D eigenvalue weighted by Gasteiger charge is 2.50. The standard InChI is InChI=1S/C66H73N3O11/c1-66(2,3)65(70)79-48-57(72-40-50-27-13-5-14-28-50)60(74-42-52-31-17-7-18-32-52)59(73-41-51-29-15-6-16-30-51)56(68-69-67)46-78-64-63(77-45-55-37-23-10-24-38-55)62(76-44-54-35-21-9-22-36-54)61(75-43-53-33-19-8-20-34-53)58(80-64)47-71-39-49-25-11-4-12-26-49/h4-38,56-64H,39-48H2,1-3H3/t56-,57-,58+,59+,60+,61-,62-,63+,64-/m0/s1. The summed E-state index contributed by atoms with van der Waals surface area (Å²) in [6.07, 6.45) is -7.47. The number of benzene rings is 7. The van der Waals surface area contributed by atoms with Crippen LogP contribution in [0.2, 0.25) is 0 Å². The van der Waals surface area contributed by atoms with Crippen molar-refractivity contribution in [1.29, 1.82) is 0 Å². The van der Waals surface area contributed by atoms with Crippen LogP contribution in [0.15, 0.2) is 217 Å². The Morgan fingerprint density at radius 2 is 0.850 bits per heavy atom. The van der Waals surface area contributed by atoms with Crippen LogP contribution in [0.3, 0.4) is 0 Å². The minimum Gasteiger partial charge on any atom is -0.462 e. The molecule has 7 aromatic carbocycles. The zero-order chi connectivity index (χ0) is 55.6. The van der Waals surface area contributed by atoms with Crippen LogP contribution in [0.25, 0.3) is 10.4 Å². The van der Waals surface area contributed by atoms with Gasteiger partial charge in [-0.05, 0) is 65.2 Å². The first kappa shape index (κ1) is 59.1. The lowest BCUT2D eigenvalue weighted by atomic mass is 9.97. The van der Waals surface area contributed by atoms with Gasteiger partial charge < -0.3 is 47.4 Å². The predicted octanol–water partition coefficient (Wildman–Crippen LogP) is 12.7. The fourth-order valence-corrected chi connectivity index (χ4v) is 9.10. The first-order valence-corrected chi connectivity index (χ1v) is 27.2. The van der Waals surface area contributed by atoms with Crippen LogP contribution >= 0.6 is 0 Å². The van der Waals surface area contributed by atoms with Gasteiger partial charge in [0, 0.05) is 4.91 Å². The van der Waals surface area contributed by atoms with Gasteiger partial charge in [0.05, 0.1) is 77.0 Å². The lowest BCUT2D eigenvalue weighted by Gasteiger charge is -2.46. The maximum Gasteiger partial charge on any atom is 0.311 e. The van der Waals surface area contributed by atoms with E-state index >= 15 is 0 Å². The molecule has 0 saturated carbocycles. The van der Waals surface area contributed by atoms with E-state index in [-0.39, 0.29) is 59.5 Å². The molecule has 1 heterocycles. The first-order chi connectivity index (χ1) is 39.2. The third-order valence-electron chi connectivity index (χ3n) is 13.4. The van der Waals surface area contributed by atoms with Gasteiger partial charge in [0.1, 0.15) is 43.2 Å². The summed E-state index contributed by atoms with van der Waals surface area (Å²) < 4.78 is 68.2.